The van der Waals surface area contributed by atoms with E-state index in [9.17, 15) is 9.59 Å². The molecule has 0 aliphatic rings. The largest absolute Gasteiger partial charge is 0.467 e. The highest BCUT2D eigenvalue weighted by molar-refractivity contribution is 5.92. The van der Waals surface area contributed by atoms with Crippen LogP contribution in [0.1, 0.15) is 19.4 Å². The number of ether oxygens (including phenoxy) is 1. The first kappa shape index (κ1) is 15.0. The Morgan fingerprint density at radius 2 is 1.95 bits per heavy atom. The van der Waals surface area contributed by atoms with Crippen LogP contribution in [0, 0.1) is 12.8 Å². The third kappa shape index (κ3) is 4.62. The molecule has 0 radical (unpaired) electrons. The molecule has 1 atom stereocenters. The fraction of sp³-hybridized carbons (Fsp3) is 0.429. The summed E-state index contributed by atoms with van der Waals surface area (Å²) in [6, 6.07) is 6.35. The Kier molecular flexibility index (Phi) is 5.36. The summed E-state index contributed by atoms with van der Waals surface area (Å²) in [5, 5.41) is 5.30. The summed E-state index contributed by atoms with van der Waals surface area (Å²) < 4.78 is 4.66. The molecule has 0 aromatic heterocycles. The molecule has 0 aliphatic carbocycles. The number of nitrogens with one attached hydrogen (secondary N) is 2. The maximum atomic E-state index is 11.8. The van der Waals surface area contributed by atoms with Crippen LogP contribution in [0.4, 0.5) is 10.5 Å². The summed E-state index contributed by atoms with van der Waals surface area (Å²) in [7, 11) is 1.30. The Hall–Kier alpha value is -2.04. The van der Waals surface area contributed by atoms with Crippen LogP contribution in [0.2, 0.25) is 0 Å². The molecule has 0 saturated heterocycles. The highest BCUT2D eigenvalue weighted by atomic mass is 16.5. The zero-order chi connectivity index (χ0) is 14.4. The average Bonchev–Trinajstić information content (AvgIpc) is 2.34. The normalized spacial score (nSPS) is 11.8. The van der Waals surface area contributed by atoms with E-state index in [1.807, 2.05) is 39.0 Å². The Bertz CT molecular complexity index is 458. The van der Waals surface area contributed by atoms with Crippen LogP contribution in [-0.2, 0) is 9.53 Å². The molecule has 0 heterocycles. The molecule has 5 heteroatoms. The fourth-order valence-electron chi connectivity index (χ4n) is 1.66. The molecule has 0 spiro atoms. The zero-order valence-electron chi connectivity index (χ0n) is 11.7. The number of esters is 1. The molecule has 2 N–H and O–H groups in total. The molecule has 0 fully saturated rings. The van der Waals surface area contributed by atoms with Crippen LogP contribution < -0.4 is 10.6 Å². The van der Waals surface area contributed by atoms with Crippen molar-refractivity contribution in [1.29, 1.82) is 0 Å². The standard InChI is InChI=1S/C14H20N2O3/c1-9(2)12(13(17)19-4)16-14(18)15-11-7-5-6-10(3)8-11/h5-9,12H,1-4H3,(H2,15,16,18). The number of hydrogen-bond donors (Lipinski definition) is 2. The topological polar surface area (TPSA) is 67.4 Å². The number of hydrogen-bond acceptors (Lipinski definition) is 3. The van der Waals surface area contributed by atoms with Crippen LogP contribution in [0.25, 0.3) is 0 Å². The number of carbonyl (C=O) groups is 2. The number of rotatable bonds is 4. The minimum absolute atomic E-state index is 0.0456. The minimum Gasteiger partial charge on any atom is -0.467 e. The molecule has 19 heavy (non-hydrogen) atoms. The van der Waals surface area contributed by atoms with E-state index >= 15 is 0 Å². The van der Waals surface area contributed by atoms with Crippen LogP contribution in [-0.4, -0.2) is 25.2 Å². The van der Waals surface area contributed by atoms with Crippen molar-refractivity contribution in [3.8, 4) is 0 Å². The molecule has 1 aromatic carbocycles. The van der Waals surface area contributed by atoms with Gasteiger partial charge in [-0.2, -0.15) is 0 Å². The van der Waals surface area contributed by atoms with Gasteiger partial charge in [0.25, 0.3) is 0 Å². The van der Waals surface area contributed by atoms with Crippen molar-refractivity contribution >= 4 is 17.7 Å². The van der Waals surface area contributed by atoms with Gasteiger partial charge in [-0.25, -0.2) is 9.59 Å². The number of benzene rings is 1. The van der Waals surface area contributed by atoms with Gasteiger partial charge in [-0.3, -0.25) is 0 Å². The molecule has 0 aliphatic heterocycles. The number of urea groups is 1. The first-order valence-electron chi connectivity index (χ1n) is 6.16. The van der Waals surface area contributed by atoms with Crippen molar-refractivity contribution in [2.24, 2.45) is 5.92 Å². The van der Waals surface area contributed by atoms with Crippen molar-refractivity contribution in [3.63, 3.8) is 0 Å². The summed E-state index contributed by atoms with van der Waals surface area (Å²) in [4.78, 5) is 23.4. The van der Waals surface area contributed by atoms with Gasteiger partial charge in [-0.1, -0.05) is 26.0 Å². The van der Waals surface area contributed by atoms with E-state index in [0.717, 1.165) is 5.56 Å². The number of anilines is 1. The Morgan fingerprint density at radius 1 is 1.26 bits per heavy atom. The van der Waals surface area contributed by atoms with Crippen molar-refractivity contribution in [1.82, 2.24) is 5.32 Å². The average molecular weight is 264 g/mol. The predicted molar refractivity (Wildman–Crippen MR) is 74.0 cm³/mol. The van der Waals surface area contributed by atoms with Gasteiger partial charge in [-0.05, 0) is 30.5 Å². The van der Waals surface area contributed by atoms with Gasteiger partial charge in [0, 0.05) is 5.69 Å². The lowest BCUT2D eigenvalue weighted by molar-refractivity contribution is -0.143. The number of methoxy groups -OCH3 is 1. The zero-order valence-corrected chi connectivity index (χ0v) is 11.7. The first-order chi connectivity index (χ1) is 8.93. The van der Waals surface area contributed by atoms with Gasteiger partial charge >= 0.3 is 12.0 Å². The van der Waals surface area contributed by atoms with E-state index in [2.05, 4.69) is 15.4 Å². The monoisotopic (exact) mass is 264 g/mol. The van der Waals surface area contributed by atoms with E-state index in [0.29, 0.717) is 5.69 Å². The minimum atomic E-state index is -0.658. The fourth-order valence-corrected chi connectivity index (χ4v) is 1.66. The second-order valence-electron chi connectivity index (χ2n) is 4.71. The van der Waals surface area contributed by atoms with Gasteiger partial charge < -0.3 is 15.4 Å². The molecule has 5 nitrogen and oxygen atoms in total. The van der Waals surface area contributed by atoms with Crippen LogP contribution in [0.15, 0.2) is 24.3 Å². The third-order valence-electron chi connectivity index (χ3n) is 2.68. The Labute approximate surface area is 113 Å². The lowest BCUT2D eigenvalue weighted by Crippen LogP contribution is -2.46. The summed E-state index contributed by atoms with van der Waals surface area (Å²) in [6.45, 7) is 5.62. The maximum absolute atomic E-state index is 11.8. The molecule has 0 saturated carbocycles. The van der Waals surface area contributed by atoms with Crippen molar-refractivity contribution in [3.05, 3.63) is 29.8 Å². The van der Waals surface area contributed by atoms with Crippen LogP contribution >= 0.6 is 0 Å². The van der Waals surface area contributed by atoms with Gasteiger partial charge in [0.05, 0.1) is 7.11 Å². The number of aryl methyl sites for hydroxylation is 1. The highest BCUT2D eigenvalue weighted by Crippen LogP contribution is 2.10. The summed E-state index contributed by atoms with van der Waals surface area (Å²) in [5.41, 5.74) is 1.73. The predicted octanol–water partition coefficient (Wildman–Crippen LogP) is 2.31. The molecule has 1 aromatic rings. The molecular formula is C14H20N2O3. The Morgan fingerprint density at radius 3 is 2.47 bits per heavy atom. The maximum Gasteiger partial charge on any atom is 0.328 e. The number of amides is 2. The summed E-state index contributed by atoms with van der Waals surface area (Å²) in [6.07, 6.45) is 0. The van der Waals surface area contributed by atoms with Gasteiger partial charge in [0.2, 0.25) is 0 Å². The van der Waals surface area contributed by atoms with Gasteiger partial charge in [0.15, 0.2) is 0 Å². The van der Waals surface area contributed by atoms with Crippen molar-refractivity contribution in [2.75, 3.05) is 12.4 Å². The second-order valence-corrected chi connectivity index (χ2v) is 4.71. The van der Waals surface area contributed by atoms with E-state index in [1.54, 1.807) is 6.07 Å². The molecule has 2 amide bonds. The lowest BCUT2D eigenvalue weighted by Gasteiger charge is -2.20. The van der Waals surface area contributed by atoms with Crippen molar-refractivity contribution in [2.45, 2.75) is 26.8 Å². The van der Waals surface area contributed by atoms with E-state index < -0.39 is 18.0 Å². The molecule has 0 bridgehead atoms. The lowest BCUT2D eigenvalue weighted by atomic mass is 10.1. The van der Waals surface area contributed by atoms with Crippen LogP contribution in [0.5, 0.6) is 0 Å². The SMILES string of the molecule is COC(=O)C(NC(=O)Nc1cccc(C)c1)C(C)C. The van der Waals surface area contributed by atoms with Crippen molar-refractivity contribution < 1.29 is 14.3 Å². The molecular weight excluding hydrogens is 244 g/mol. The van der Waals surface area contributed by atoms with E-state index in [-0.39, 0.29) is 5.92 Å². The quantitative estimate of drug-likeness (QED) is 0.820. The second kappa shape index (κ2) is 6.78. The van der Waals surface area contributed by atoms with Gasteiger partial charge in [-0.15, -0.1) is 0 Å². The molecule has 1 rings (SSSR count). The third-order valence-corrected chi connectivity index (χ3v) is 2.68. The van der Waals surface area contributed by atoms with Crippen LogP contribution in [0.3, 0.4) is 0 Å². The molecule has 104 valence electrons. The van der Waals surface area contributed by atoms with Gasteiger partial charge in [0.1, 0.15) is 6.04 Å². The Balaban J connectivity index is 2.65. The van der Waals surface area contributed by atoms with E-state index in [1.165, 1.54) is 7.11 Å². The smallest absolute Gasteiger partial charge is 0.328 e. The molecule has 1 unspecified atom stereocenters. The number of carbonyl (C=O) groups excluding carboxylic acids is 2. The summed E-state index contributed by atoms with van der Waals surface area (Å²) in [5.74, 6) is -0.495. The first-order valence-corrected chi connectivity index (χ1v) is 6.16. The highest BCUT2D eigenvalue weighted by Gasteiger charge is 2.24. The summed E-state index contributed by atoms with van der Waals surface area (Å²) >= 11 is 0. The van der Waals surface area contributed by atoms with E-state index in [4.69, 9.17) is 0 Å².